The van der Waals surface area contributed by atoms with E-state index in [-0.39, 0.29) is 17.2 Å². The van der Waals surface area contributed by atoms with E-state index < -0.39 is 12.5 Å². The standard InChI is InChI=1S/C24H25F2N5O3/c1-14-20-17(13-18(15-7-8-15)27-21(20)29(2)28-14)23(33)31-11-9-30(10-12-31)22(32)16-5-3-4-6-19(16)34-24(25)26/h3-6,13,15,24H,7-12H2,1-2H3. The fourth-order valence-electron chi connectivity index (χ4n) is 4.52. The Labute approximate surface area is 195 Å². The number of para-hydroxylation sites is 1. The summed E-state index contributed by atoms with van der Waals surface area (Å²) in [7, 11) is 1.83. The quantitative estimate of drug-likeness (QED) is 0.573. The van der Waals surface area contributed by atoms with Crippen molar-refractivity contribution in [3.63, 3.8) is 0 Å². The monoisotopic (exact) mass is 469 g/mol. The van der Waals surface area contributed by atoms with Crippen molar-refractivity contribution >= 4 is 22.8 Å². The molecule has 1 aliphatic carbocycles. The third-order valence-corrected chi connectivity index (χ3v) is 6.40. The maximum atomic E-state index is 13.5. The van der Waals surface area contributed by atoms with E-state index in [0.29, 0.717) is 43.3 Å². The number of fused-ring (bicyclic) bond motifs is 1. The molecular weight excluding hydrogens is 444 g/mol. The van der Waals surface area contributed by atoms with E-state index in [4.69, 9.17) is 4.98 Å². The van der Waals surface area contributed by atoms with Crippen LogP contribution in [0.3, 0.4) is 0 Å². The van der Waals surface area contributed by atoms with Gasteiger partial charge in [-0.05, 0) is 38.0 Å². The number of aryl methyl sites for hydroxylation is 2. The number of piperazine rings is 1. The summed E-state index contributed by atoms with van der Waals surface area (Å²) in [5, 5.41) is 5.22. The molecule has 2 fully saturated rings. The number of benzene rings is 1. The minimum absolute atomic E-state index is 0.0819. The highest BCUT2D eigenvalue weighted by Gasteiger charge is 2.32. The van der Waals surface area contributed by atoms with E-state index in [1.54, 1.807) is 20.5 Å². The van der Waals surface area contributed by atoms with Crippen LogP contribution < -0.4 is 4.74 Å². The molecule has 3 heterocycles. The van der Waals surface area contributed by atoms with Crippen LogP contribution in [-0.2, 0) is 7.05 Å². The highest BCUT2D eigenvalue weighted by atomic mass is 19.3. The maximum Gasteiger partial charge on any atom is 0.387 e. The highest BCUT2D eigenvalue weighted by Crippen LogP contribution is 2.40. The van der Waals surface area contributed by atoms with Gasteiger partial charge in [0.05, 0.1) is 22.2 Å². The molecule has 2 aliphatic rings. The maximum absolute atomic E-state index is 13.5. The van der Waals surface area contributed by atoms with E-state index >= 15 is 0 Å². The summed E-state index contributed by atoms with van der Waals surface area (Å²) in [6.07, 6.45) is 2.14. The Hall–Kier alpha value is -3.56. The summed E-state index contributed by atoms with van der Waals surface area (Å²) >= 11 is 0. The third kappa shape index (κ3) is 4.08. The first-order valence-corrected chi connectivity index (χ1v) is 11.3. The van der Waals surface area contributed by atoms with Crippen LogP contribution in [0.15, 0.2) is 30.3 Å². The zero-order valence-corrected chi connectivity index (χ0v) is 19.0. The van der Waals surface area contributed by atoms with E-state index in [1.807, 2.05) is 20.0 Å². The molecule has 0 atom stereocenters. The Balaban J connectivity index is 1.35. The molecule has 10 heteroatoms. The SMILES string of the molecule is Cc1nn(C)c2nc(C3CC3)cc(C(=O)N3CCN(C(=O)c4ccccc4OC(F)F)CC3)c12. The molecule has 1 saturated heterocycles. The average Bonchev–Trinajstić information content (AvgIpc) is 3.64. The van der Waals surface area contributed by atoms with Gasteiger partial charge in [0.15, 0.2) is 5.65 Å². The van der Waals surface area contributed by atoms with Crippen LogP contribution in [0, 0.1) is 6.92 Å². The molecule has 178 valence electrons. The molecule has 0 N–H and O–H groups in total. The first-order valence-electron chi connectivity index (χ1n) is 11.3. The molecule has 2 aromatic heterocycles. The summed E-state index contributed by atoms with van der Waals surface area (Å²) < 4.78 is 31.7. The van der Waals surface area contributed by atoms with Crippen LogP contribution in [0.2, 0.25) is 0 Å². The van der Waals surface area contributed by atoms with Gasteiger partial charge in [-0.3, -0.25) is 14.3 Å². The molecule has 2 amide bonds. The predicted octanol–water partition coefficient (Wildman–Crippen LogP) is 3.35. The summed E-state index contributed by atoms with van der Waals surface area (Å²) in [6, 6.07) is 7.86. The van der Waals surface area contributed by atoms with Gasteiger partial charge in [-0.25, -0.2) is 4.98 Å². The average molecular weight is 469 g/mol. The van der Waals surface area contributed by atoms with Crippen molar-refractivity contribution in [3.8, 4) is 5.75 Å². The van der Waals surface area contributed by atoms with Crippen LogP contribution in [0.5, 0.6) is 5.75 Å². The van der Waals surface area contributed by atoms with Crippen molar-refractivity contribution in [2.45, 2.75) is 32.3 Å². The zero-order chi connectivity index (χ0) is 24.0. The van der Waals surface area contributed by atoms with Gasteiger partial charge in [0, 0.05) is 44.8 Å². The second-order valence-corrected chi connectivity index (χ2v) is 8.74. The number of halogens is 2. The van der Waals surface area contributed by atoms with Crippen molar-refractivity contribution in [3.05, 3.63) is 52.8 Å². The Kier molecular flexibility index (Phi) is 5.66. The fourth-order valence-corrected chi connectivity index (χ4v) is 4.52. The van der Waals surface area contributed by atoms with Gasteiger partial charge in [-0.2, -0.15) is 13.9 Å². The molecule has 1 aliphatic heterocycles. The van der Waals surface area contributed by atoms with Gasteiger partial charge >= 0.3 is 6.61 Å². The molecule has 5 rings (SSSR count). The van der Waals surface area contributed by atoms with E-state index in [1.165, 1.54) is 18.2 Å². The molecule has 0 radical (unpaired) electrons. The van der Waals surface area contributed by atoms with Crippen molar-refractivity contribution < 1.29 is 23.1 Å². The predicted molar refractivity (Wildman–Crippen MR) is 120 cm³/mol. The zero-order valence-electron chi connectivity index (χ0n) is 19.0. The van der Waals surface area contributed by atoms with Crippen LogP contribution in [0.1, 0.15) is 50.9 Å². The van der Waals surface area contributed by atoms with Gasteiger partial charge < -0.3 is 14.5 Å². The normalized spacial score (nSPS) is 16.4. The second kappa shape index (κ2) is 8.66. The molecule has 0 spiro atoms. The van der Waals surface area contributed by atoms with Crippen LogP contribution >= 0.6 is 0 Å². The lowest BCUT2D eigenvalue weighted by Gasteiger charge is -2.35. The number of amides is 2. The Morgan fingerprint density at radius 1 is 1.03 bits per heavy atom. The van der Waals surface area contributed by atoms with Gasteiger partial charge in [0.1, 0.15) is 5.75 Å². The van der Waals surface area contributed by atoms with E-state index in [2.05, 4.69) is 9.84 Å². The van der Waals surface area contributed by atoms with Crippen molar-refractivity contribution in [1.29, 1.82) is 0 Å². The van der Waals surface area contributed by atoms with Crippen molar-refractivity contribution in [1.82, 2.24) is 24.6 Å². The molecule has 0 unspecified atom stereocenters. The van der Waals surface area contributed by atoms with Gasteiger partial charge in [0.25, 0.3) is 11.8 Å². The lowest BCUT2D eigenvalue weighted by Crippen LogP contribution is -2.50. The summed E-state index contributed by atoms with van der Waals surface area (Å²) in [5.41, 5.74) is 3.05. The van der Waals surface area contributed by atoms with Crippen LogP contribution in [0.25, 0.3) is 11.0 Å². The Morgan fingerprint density at radius 3 is 2.26 bits per heavy atom. The Bertz CT molecular complexity index is 1260. The summed E-state index contributed by atoms with van der Waals surface area (Å²) in [4.78, 5) is 34.6. The number of alkyl halides is 2. The topological polar surface area (TPSA) is 80.6 Å². The van der Waals surface area contributed by atoms with Gasteiger partial charge in [-0.1, -0.05) is 12.1 Å². The number of ether oxygens (including phenoxy) is 1. The smallest absolute Gasteiger partial charge is 0.387 e. The minimum Gasteiger partial charge on any atom is -0.434 e. The highest BCUT2D eigenvalue weighted by molar-refractivity contribution is 6.06. The molecule has 3 aromatic rings. The largest absolute Gasteiger partial charge is 0.434 e. The molecule has 1 aromatic carbocycles. The number of aromatic nitrogens is 3. The third-order valence-electron chi connectivity index (χ3n) is 6.40. The number of hydrogen-bond donors (Lipinski definition) is 0. The number of rotatable bonds is 5. The van der Waals surface area contributed by atoms with Gasteiger partial charge in [0.2, 0.25) is 0 Å². The van der Waals surface area contributed by atoms with E-state index in [9.17, 15) is 18.4 Å². The lowest BCUT2D eigenvalue weighted by molar-refractivity contribution is -0.0503. The first kappa shape index (κ1) is 22.2. The number of nitrogens with zero attached hydrogens (tertiary/aromatic N) is 5. The van der Waals surface area contributed by atoms with E-state index in [0.717, 1.165) is 29.6 Å². The molecule has 1 saturated carbocycles. The number of carbonyl (C=O) groups excluding carboxylic acids is 2. The molecule has 34 heavy (non-hydrogen) atoms. The van der Waals surface area contributed by atoms with Gasteiger partial charge in [-0.15, -0.1) is 0 Å². The summed E-state index contributed by atoms with van der Waals surface area (Å²) in [6.45, 7) is 0.117. The molecular formula is C24H25F2N5O3. The fraction of sp³-hybridized carbons (Fsp3) is 0.417. The van der Waals surface area contributed by atoms with Crippen LogP contribution in [-0.4, -0.2) is 69.2 Å². The Morgan fingerprint density at radius 2 is 1.65 bits per heavy atom. The first-order chi connectivity index (χ1) is 16.3. The number of pyridine rings is 1. The molecule has 0 bridgehead atoms. The minimum atomic E-state index is -3.02. The summed E-state index contributed by atoms with van der Waals surface area (Å²) in [5.74, 6) is -0.274. The number of hydrogen-bond acceptors (Lipinski definition) is 5. The van der Waals surface area contributed by atoms with Crippen LogP contribution in [0.4, 0.5) is 8.78 Å². The number of carbonyl (C=O) groups is 2. The van der Waals surface area contributed by atoms with Crippen molar-refractivity contribution in [2.24, 2.45) is 7.05 Å². The second-order valence-electron chi connectivity index (χ2n) is 8.74. The molecule has 8 nitrogen and oxygen atoms in total. The van der Waals surface area contributed by atoms with Crippen molar-refractivity contribution in [2.75, 3.05) is 26.2 Å². The lowest BCUT2D eigenvalue weighted by atomic mass is 10.1.